The van der Waals surface area contributed by atoms with E-state index in [2.05, 4.69) is 0 Å². The summed E-state index contributed by atoms with van der Waals surface area (Å²) < 4.78 is 16.6. The summed E-state index contributed by atoms with van der Waals surface area (Å²) in [6, 6.07) is 7.17. The SMILES string of the molecule is C[C@]12OC(=O)C[C@@]1(C)c1c(c3ccccc3oc1=O)O2. The van der Waals surface area contributed by atoms with E-state index < -0.39 is 16.8 Å². The first-order valence-electron chi connectivity index (χ1n) is 6.42. The fourth-order valence-corrected chi connectivity index (χ4v) is 3.16. The molecule has 2 aliphatic rings. The maximum atomic E-state index is 12.3. The Morgan fingerprint density at radius 2 is 1.85 bits per heavy atom. The number of fused-ring (bicyclic) bond motifs is 5. The van der Waals surface area contributed by atoms with Crippen molar-refractivity contribution < 1.29 is 18.7 Å². The topological polar surface area (TPSA) is 65.7 Å². The first-order valence-corrected chi connectivity index (χ1v) is 6.42. The van der Waals surface area contributed by atoms with E-state index in [0.29, 0.717) is 16.9 Å². The van der Waals surface area contributed by atoms with Gasteiger partial charge in [0.2, 0.25) is 0 Å². The van der Waals surface area contributed by atoms with Gasteiger partial charge in [-0.1, -0.05) is 12.1 Å². The monoisotopic (exact) mass is 272 g/mol. The second kappa shape index (κ2) is 3.23. The largest absolute Gasteiger partial charge is 0.450 e. The Bertz CT molecular complexity index is 821. The second-order valence-electron chi connectivity index (χ2n) is 5.62. The molecule has 0 amide bonds. The van der Waals surface area contributed by atoms with Gasteiger partial charge < -0.3 is 13.9 Å². The van der Waals surface area contributed by atoms with Crippen molar-refractivity contribution in [3.63, 3.8) is 0 Å². The Kier molecular flexibility index (Phi) is 1.86. The minimum atomic E-state index is -1.15. The Balaban J connectivity index is 2.12. The highest BCUT2D eigenvalue weighted by molar-refractivity contribution is 5.87. The Labute approximate surface area is 114 Å². The molecule has 4 rings (SSSR count). The van der Waals surface area contributed by atoms with Crippen LogP contribution in [0.4, 0.5) is 0 Å². The van der Waals surface area contributed by atoms with Crippen molar-refractivity contribution in [1.29, 1.82) is 0 Å². The fraction of sp³-hybridized carbons (Fsp3) is 0.333. The van der Waals surface area contributed by atoms with E-state index >= 15 is 0 Å². The Morgan fingerprint density at radius 3 is 2.65 bits per heavy atom. The van der Waals surface area contributed by atoms with Crippen LogP contribution in [-0.2, 0) is 14.9 Å². The Morgan fingerprint density at radius 1 is 1.10 bits per heavy atom. The number of rotatable bonds is 0. The normalized spacial score (nSPS) is 30.8. The average Bonchev–Trinajstić information content (AvgIpc) is 2.71. The molecule has 5 nitrogen and oxygen atoms in total. The molecule has 0 spiro atoms. The van der Waals surface area contributed by atoms with Crippen LogP contribution in [0.2, 0.25) is 0 Å². The Hall–Kier alpha value is -2.30. The third kappa shape index (κ3) is 1.13. The van der Waals surface area contributed by atoms with E-state index in [0.717, 1.165) is 5.39 Å². The van der Waals surface area contributed by atoms with E-state index in [-0.39, 0.29) is 12.4 Å². The number of para-hydroxylation sites is 1. The highest BCUT2D eigenvalue weighted by Gasteiger charge is 2.65. The predicted octanol–water partition coefficient (Wildman–Crippen LogP) is 2.11. The lowest BCUT2D eigenvalue weighted by molar-refractivity contribution is -0.177. The third-order valence-corrected chi connectivity index (χ3v) is 4.42. The zero-order valence-electron chi connectivity index (χ0n) is 11.1. The molecule has 0 N–H and O–H groups in total. The van der Waals surface area contributed by atoms with Gasteiger partial charge in [-0.25, -0.2) is 4.79 Å². The van der Waals surface area contributed by atoms with Crippen molar-refractivity contribution in [3.8, 4) is 5.75 Å². The molecular weight excluding hydrogens is 260 g/mol. The molecule has 2 aliphatic heterocycles. The number of hydrogen-bond donors (Lipinski definition) is 0. The molecular formula is C15H12O5. The number of ether oxygens (including phenoxy) is 2. The average molecular weight is 272 g/mol. The van der Waals surface area contributed by atoms with Crippen LogP contribution in [-0.4, -0.2) is 11.8 Å². The van der Waals surface area contributed by atoms with Crippen molar-refractivity contribution in [2.45, 2.75) is 31.5 Å². The summed E-state index contributed by atoms with van der Waals surface area (Å²) in [5, 5.41) is 0.718. The highest BCUT2D eigenvalue weighted by Crippen LogP contribution is 2.55. The molecule has 102 valence electrons. The molecule has 0 bridgehead atoms. The van der Waals surface area contributed by atoms with Gasteiger partial charge in [0.1, 0.15) is 11.3 Å². The predicted molar refractivity (Wildman–Crippen MR) is 69.6 cm³/mol. The van der Waals surface area contributed by atoms with Gasteiger partial charge in [0, 0.05) is 6.92 Å². The molecule has 0 unspecified atom stereocenters. The molecule has 1 aromatic heterocycles. The summed E-state index contributed by atoms with van der Waals surface area (Å²) in [5.41, 5.74) is -0.424. The first kappa shape index (κ1) is 11.5. The van der Waals surface area contributed by atoms with E-state index in [1.807, 2.05) is 12.1 Å². The maximum absolute atomic E-state index is 12.3. The van der Waals surface area contributed by atoms with Gasteiger partial charge in [-0.15, -0.1) is 0 Å². The van der Waals surface area contributed by atoms with Crippen molar-refractivity contribution in [3.05, 3.63) is 40.2 Å². The maximum Gasteiger partial charge on any atom is 0.344 e. The van der Waals surface area contributed by atoms with E-state index in [4.69, 9.17) is 13.9 Å². The smallest absolute Gasteiger partial charge is 0.344 e. The zero-order valence-corrected chi connectivity index (χ0v) is 11.1. The molecule has 1 fully saturated rings. The van der Waals surface area contributed by atoms with Crippen LogP contribution in [0.5, 0.6) is 5.75 Å². The van der Waals surface area contributed by atoms with Gasteiger partial charge in [0.15, 0.2) is 0 Å². The molecule has 3 heterocycles. The molecule has 5 heteroatoms. The minimum absolute atomic E-state index is 0.111. The number of carbonyl (C=O) groups is 1. The quantitative estimate of drug-likeness (QED) is 0.543. The molecule has 0 radical (unpaired) electrons. The molecule has 2 aromatic rings. The van der Waals surface area contributed by atoms with Crippen LogP contribution in [0.3, 0.4) is 0 Å². The lowest BCUT2D eigenvalue weighted by Gasteiger charge is -2.28. The lowest BCUT2D eigenvalue weighted by atomic mass is 9.77. The van der Waals surface area contributed by atoms with E-state index in [9.17, 15) is 9.59 Å². The van der Waals surface area contributed by atoms with Crippen LogP contribution in [0.15, 0.2) is 33.5 Å². The molecule has 1 saturated heterocycles. The van der Waals surface area contributed by atoms with Crippen LogP contribution in [0.1, 0.15) is 25.8 Å². The van der Waals surface area contributed by atoms with Gasteiger partial charge in [-0.3, -0.25) is 4.79 Å². The van der Waals surface area contributed by atoms with Gasteiger partial charge >= 0.3 is 11.6 Å². The van der Waals surface area contributed by atoms with Crippen molar-refractivity contribution in [1.82, 2.24) is 0 Å². The van der Waals surface area contributed by atoms with Gasteiger partial charge in [0.25, 0.3) is 5.79 Å². The zero-order chi connectivity index (χ0) is 14.1. The summed E-state index contributed by atoms with van der Waals surface area (Å²) in [5.74, 6) is -1.05. The van der Waals surface area contributed by atoms with E-state index in [1.54, 1.807) is 26.0 Å². The van der Waals surface area contributed by atoms with Crippen LogP contribution in [0, 0.1) is 0 Å². The van der Waals surface area contributed by atoms with Gasteiger partial charge in [0.05, 0.1) is 22.8 Å². The van der Waals surface area contributed by atoms with Gasteiger partial charge in [-0.2, -0.15) is 0 Å². The standard InChI is InChI=1S/C15H12O5/c1-14-7-10(16)19-15(14,2)20-12-8-5-3-4-6-9(8)18-13(17)11(12)14/h3-6H,7H2,1-2H3/t14-,15+/m0/s1. The minimum Gasteiger partial charge on any atom is -0.450 e. The van der Waals surface area contributed by atoms with Gasteiger partial charge in [-0.05, 0) is 19.1 Å². The summed E-state index contributed by atoms with van der Waals surface area (Å²) in [6.45, 7) is 3.49. The summed E-state index contributed by atoms with van der Waals surface area (Å²) in [6.07, 6.45) is 0.111. The van der Waals surface area contributed by atoms with E-state index in [1.165, 1.54) is 0 Å². The van der Waals surface area contributed by atoms with Crippen molar-refractivity contribution in [2.75, 3.05) is 0 Å². The lowest BCUT2D eigenvalue weighted by Crippen LogP contribution is -2.44. The highest BCUT2D eigenvalue weighted by atomic mass is 16.7. The van der Waals surface area contributed by atoms with Crippen molar-refractivity contribution >= 4 is 16.9 Å². The fourth-order valence-electron chi connectivity index (χ4n) is 3.16. The number of benzene rings is 1. The molecule has 0 saturated carbocycles. The summed E-state index contributed by atoms with van der Waals surface area (Å²) in [7, 11) is 0. The molecule has 0 aliphatic carbocycles. The van der Waals surface area contributed by atoms with Crippen molar-refractivity contribution in [2.24, 2.45) is 0 Å². The molecule has 20 heavy (non-hydrogen) atoms. The number of esters is 1. The molecule has 1 aromatic carbocycles. The third-order valence-electron chi connectivity index (χ3n) is 4.42. The second-order valence-corrected chi connectivity index (χ2v) is 5.62. The summed E-state index contributed by atoms with van der Waals surface area (Å²) in [4.78, 5) is 23.9. The molecule has 2 atom stereocenters. The first-order chi connectivity index (χ1) is 9.45. The summed E-state index contributed by atoms with van der Waals surface area (Å²) >= 11 is 0. The van der Waals surface area contributed by atoms with Crippen LogP contribution < -0.4 is 10.4 Å². The number of hydrogen-bond acceptors (Lipinski definition) is 5. The van der Waals surface area contributed by atoms with Crippen LogP contribution in [0.25, 0.3) is 11.0 Å². The number of carbonyl (C=O) groups excluding carboxylic acids is 1. The van der Waals surface area contributed by atoms with Crippen LogP contribution >= 0.6 is 0 Å².